The van der Waals surface area contributed by atoms with Crippen LogP contribution in [0, 0.1) is 13.8 Å². The van der Waals surface area contributed by atoms with Crippen LogP contribution in [0.25, 0.3) is 5.69 Å². The number of methoxy groups -OCH3 is 1. The molecule has 0 radical (unpaired) electrons. The van der Waals surface area contributed by atoms with Crippen LogP contribution in [0.1, 0.15) is 59.8 Å². The van der Waals surface area contributed by atoms with Crippen molar-refractivity contribution in [1.29, 1.82) is 0 Å². The maximum atomic E-state index is 13.2. The number of carbonyl (C=O) groups is 1. The Kier molecular flexibility index (Phi) is 8.13. The van der Waals surface area contributed by atoms with E-state index in [9.17, 15) is 4.79 Å². The van der Waals surface area contributed by atoms with Crippen molar-refractivity contribution in [2.45, 2.75) is 57.8 Å². The number of rotatable bonds is 10. The minimum Gasteiger partial charge on any atom is -0.497 e. The smallest absolute Gasteiger partial charge is 0.196 e. The third-order valence-corrected chi connectivity index (χ3v) is 7.75. The predicted molar refractivity (Wildman–Crippen MR) is 141 cm³/mol. The highest BCUT2D eigenvalue weighted by atomic mass is 32.2. The maximum absolute atomic E-state index is 13.2. The van der Waals surface area contributed by atoms with Crippen LogP contribution in [-0.4, -0.2) is 56.0 Å². The van der Waals surface area contributed by atoms with Gasteiger partial charge in [-0.05, 0) is 77.0 Å². The summed E-state index contributed by atoms with van der Waals surface area (Å²) in [6.07, 6.45) is 5.55. The van der Waals surface area contributed by atoms with Crippen molar-refractivity contribution in [1.82, 2.24) is 24.2 Å². The minimum absolute atomic E-state index is 0.0910. The van der Waals surface area contributed by atoms with Crippen molar-refractivity contribution in [2.24, 2.45) is 0 Å². The molecule has 0 unspecified atom stereocenters. The molecule has 3 aromatic rings. The normalized spacial score (nSPS) is 15.2. The van der Waals surface area contributed by atoms with Crippen molar-refractivity contribution in [3.8, 4) is 11.4 Å². The highest BCUT2D eigenvalue weighted by molar-refractivity contribution is 7.99. The van der Waals surface area contributed by atoms with Gasteiger partial charge in [0.2, 0.25) is 0 Å². The number of ether oxygens (including phenoxy) is 1. The Morgan fingerprint density at radius 3 is 2.54 bits per heavy atom. The van der Waals surface area contributed by atoms with Gasteiger partial charge in [0.1, 0.15) is 5.75 Å². The van der Waals surface area contributed by atoms with E-state index in [-0.39, 0.29) is 11.8 Å². The molecule has 1 aromatic carbocycles. The number of carbonyl (C=O) groups excluding carboxylic acids is 1. The van der Waals surface area contributed by atoms with E-state index in [2.05, 4.69) is 37.7 Å². The molecule has 1 atom stereocenters. The molecular formula is C27H35N5O2S. The Balaban J connectivity index is 1.61. The van der Waals surface area contributed by atoms with Crippen LogP contribution in [0.3, 0.4) is 0 Å². The monoisotopic (exact) mass is 493 g/mol. The number of hydrogen-bond acceptors (Lipinski definition) is 6. The average molecular weight is 494 g/mol. The van der Waals surface area contributed by atoms with Crippen LogP contribution >= 0.6 is 11.8 Å². The van der Waals surface area contributed by atoms with E-state index >= 15 is 0 Å². The second-order valence-electron chi connectivity index (χ2n) is 9.04. The van der Waals surface area contributed by atoms with Crippen molar-refractivity contribution < 1.29 is 9.53 Å². The fourth-order valence-electron chi connectivity index (χ4n) is 4.79. The van der Waals surface area contributed by atoms with Crippen LogP contribution in [-0.2, 0) is 6.54 Å². The molecule has 35 heavy (non-hydrogen) atoms. The SMILES string of the molecule is C=CCn1c(C)cc(C(=O)CSc2nnc([C@@H](C)N3CCCCC3)n2-c2ccc(OC)cc2)c1C. The Morgan fingerprint density at radius 1 is 1.17 bits per heavy atom. The molecule has 1 saturated heterocycles. The molecule has 1 fully saturated rings. The van der Waals surface area contributed by atoms with Gasteiger partial charge in [0.25, 0.3) is 0 Å². The van der Waals surface area contributed by atoms with Crippen molar-refractivity contribution in [3.63, 3.8) is 0 Å². The number of hydrogen-bond donors (Lipinski definition) is 0. The van der Waals surface area contributed by atoms with Crippen LogP contribution in [0.15, 0.2) is 48.1 Å². The molecule has 0 bridgehead atoms. The van der Waals surface area contributed by atoms with Crippen LogP contribution in [0.5, 0.6) is 5.75 Å². The Morgan fingerprint density at radius 2 is 1.89 bits per heavy atom. The van der Waals surface area contributed by atoms with Crippen LogP contribution in [0.4, 0.5) is 0 Å². The minimum atomic E-state index is 0.0910. The second kappa shape index (κ2) is 11.3. The molecule has 0 aliphatic carbocycles. The lowest BCUT2D eigenvalue weighted by Gasteiger charge is -2.31. The number of Topliss-reactive ketones (excluding diaryl/α,β-unsaturated/α-hetero) is 1. The summed E-state index contributed by atoms with van der Waals surface area (Å²) in [6.45, 7) is 12.9. The zero-order valence-corrected chi connectivity index (χ0v) is 22.0. The quantitative estimate of drug-likeness (QED) is 0.214. The summed E-state index contributed by atoms with van der Waals surface area (Å²) in [6, 6.07) is 10.0. The lowest BCUT2D eigenvalue weighted by Crippen LogP contribution is -2.33. The number of nitrogens with zero attached hydrogens (tertiary/aromatic N) is 5. The zero-order chi connectivity index (χ0) is 24.9. The molecule has 0 N–H and O–H groups in total. The standard InChI is InChI=1S/C27H35N5O2S/c1-6-14-31-19(2)17-24(20(31)3)25(33)18-35-27-29-28-26(21(4)30-15-8-7-9-16-30)32(27)22-10-12-23(34-5)13-11-22/h6,10-13,17,21H,1,7-9,14-16,18H2,2-5H3/t21-/m1/s1. The number of likely N-dealkylation sites (tertiary alicyclic amines) is 1. The summed E-state index contributed by atoms with van der Waals surface area (Å²) in [5.74, 6) is 2.08. The van der Waals surface area contributed by atoms with E-state index in [1.165, 1.54) is 31.0 Å². The molecule has 2 aromatic heterocycles. The molecule has 1 aliphatic heterocycles. The number of aryl methyl sites for hydroxylation is 1. The first kappa shape index (κ1) is 25.3. The first-order valence-corrected chi connectivity index (χ1v) is 13.2. The van der Waals surface area contributed by atoms with E-state index in [0.29, 0.717) is 12.3 Å². The molecule has 4 rings (SSSR count). The van der Waals surface area contributed by atoms with Gasteiger partial charge < -0.3 is 9.30 Å². The van der Waals surface area contributed by atoms with Crippen molar-refractivity contribution in [2.75, 3.05) is 26.0 Å². The third-order valence-electron chi connectivity index (χ3n) is 6.82. The molecule has 186 valence electrons. The van der Waals surface area contributed by atoms with Gasteiger partial charge in [-0.3, -0.25) is 14.3 Å². The van der Waals surface area contributed by atoms with E-state index < -0.39 is 0 Å². The summed E-state index contributed by atoms with van der Waals surface area (Å²) < 4.78 is 9.56. The Hall–Kier alpha value is -2.84. The van der Waals surface area contributed by atoms with Crippen molar-refractivity contribution in [3.05, 3.63) is 65.8 Å². The molecule has 8 heteroatoms. The summed E-state index contributed by atoms with van der Waals surface area (Å²) in [5.41, 5.74) is 3.77. The van der Waals surface area contributed by atoms with Gasteiger partial charge >= 0.3 is 0 Å². The van der Waals surface area contributed by atoms with Gasteiger partial charge in [-0.1, -0.05) is 24.3 Å². The lowest BCUT2D eigenvalue weighted by atomic mass is 10.1. The number of allylic oxidation sites excluding steroid dienone is 1. The summed E-state index contributed by atoms with van der Waals surface area (Å²) in [5, 5.41) is 9.88. The number of ketones is 1. The molecule has 3 heterocycles. The van der Waals surface area contributed by atoms with Gasteiger partial charge in [-0.25, -0.2) is 0 Å². The fourth-order valence-corrected chi connectivity index (χ4v) is 5.63. The van der Waals surface area contributed by atoms with Gasteiger partial charge in [-0.15, -0.1) is 16.8 Å². The topological polar surface area (TPSA) is 65.2 Å². The molecule has 1 aliphatic rings. The van der Waals surface area contributed by atoms with E-state index in [1.807, 2.05) is 50.3 Å². The molecule has 7 nitrogen and oxygen atoms in total. The second-order valence-corrected chi connectivity index (χ2v) is 9.99. The number of piperidine rings is 1. The number of benzene rings is 1. The fraction of sp³-hybridized carbons (Fsp3) is 0.444. The number of thioether (sulfide) groups is 1. The average Bonchev–Trinajstić information content (AvgIpc) is 3.44. The van der Waals surface area contributed by atoms with E-state index in [4.69, 9.17) is 4.74 Å². The third kappa shape index (κ3) is 5.38. The van der Waals surface area contributed by atoms with Crippen LogP contribution in [0.2, 0.25) is 0 Å². The van der Waals surface area contributed by atoms with Crippen molar-refractivity contribution >= 4 is 17.5 Å². The number of aromatic nitrogens is 4. The first-order valence-electron chi connectivity index (χ1n) is 12.2. The molecule has 0 saturated carbocycles. The van der Waals surface area contributed by atoms with Crippen LogP contribution < -0.4 is 4.74 Å². The zero-order valence-electron chi connectivity index (χ0n) is 21.2. The first-order chi connectivity index (χ1) is 16.9. The highest BCUT2D eigenvalue weighted by Gasteiger charge is 2.26. The van der Waals surface area contributed by atoms with Gasteiger partial charge in [0.15, 0.2) is 16.8 Å². The maximum Gasteiger partial charge on any atom is 0.196 e. The largest absolute Gasteiger partial charge is 0.497 e. The van der Waals surface area contributed by atoms with E-state index in [0.717, 1.165) is 52.5 Å². The lowest BCUT2D eigenvalue weighted by molar-refractivity contribution is 0.102. The molecular weight excluding hydrogens is 458 g/mol. The summed E-state index contributed by atoms with van der Waals surface area (Å²) >= 11 is 1.44. The Bertz CT molecular complexity index is 1180. The molecule has 0 amide bonds. The summed E-state index contributed by atoms with van der Waals surface area (Å²) in [7, 11) is 1.66. The van der Waals surface area contributed by atoms with Gasteiger partial charge in [0, 0.05) is 29.2 Å². The molecule has 0 spiro atoms. The van der Waals surface area contributed by atoms with Gasteiger partial charge in [0.05, 0.1) is 18.9 Å². The van der Waals surface area contributed by atoms with Gasteiger partial charge in [-0.2, -0.15) is 0 Å². The Labute approximate surface area is 212 Å². The van der Waals surface area contributed by atoms with E-state index in [1.54, 1.807) is 7.11 Å². The highest BCUT2D eigenvalue weighted by Crippen LogP contribution is 2.30. The predicted octanol–water partition coefficient (Wildman–Crippen LogP) is 5.40. The summed E-state index contributed by atoms with van der Waals surface area (Å²) in [4.78, 5) is 15.7.